The first-order chi connectivity index (χ1) is 21.9. The molecule has 2 aromatic heterocycles. The zero-order valence-electron chi connectivity index (χ0n) is 25.2. The number of piperidine rings is 1. The lowest BCUT2D eigenvalue weighted by Crippen LogP contribution is -2.34. The Balaban J connectivity index is 1.07. The Morgan fingerprint density at radius 1 is 1.02 bits per heavy atom. The van der Waals surface area contributed by atoms with Crippen molar-refractivity contribution in [3.05, 3.63) is 84.6 Å². The van der Waals surface area contributed by atoms with Gasteiger partial charge in [-0.1, -0.05) is 12.1 Å². The lowest BCUT2D eigenvalue weighted by Gasteiger charge is -2.30. The Labute approximate surface area is 260 Å². The van der Waals surface area contributed by atoms with Gasteiger partial charge in [-0.3, -0.25) is 9.78 Å². The number of fused-ring (bicyclic) bond motifs is 1. The first kappa shape index (κ1) is 30.0. The van der Waals surface area contributed by atoms with Crippen LogP contribution in [-0.2, 0) is 0 Å². The molecule has 1 N–H and O–H groups in total. The zero-order valence-corrected chi connectivity index (χ0v) is 25.2. The number of ether oxygens (including phenoxy) is 3. The van der Waals surface area contributed by atoms with Crippen molar-refractivity contribution in [3.8, 4) is 34.4 Å². The molecule has 0 atom stereocenters. The minimum atomic E-state index is -0.573. The lowest BCUT2D eigenvalue weighted by atomic mass is 9.99. The van der Waals surface area contributed by atoms with E-state index < -0.39 is 5.91 Å². The molecule has 6 rings (SSSR count). The highest BCUT2D eigenvalue weighted by molar-refractivity contribution is 6.01. The fourth-order valence-electron chi connectivity index (χ4n) is 5.20. The van der Waals surface area contributed by atoms with Gasteiger partial charge in [0.15, 0.2) is 11.5 Å². The van der Waals surface area contributed by atoms with Gasteiger partial charge in [-0.2, -0.15) is 4.98 Å². The van der Waals surface area contributed by atoms with Crippen molar-refractivity contribution in [2.24, 2.45) is 5.92 Å². The van der Waals surface area contributed by atoms with Gasteiger partial charge in [0.25, 0.3) is 0 Å². The molecule has 3 heterocycles. The van der Waals surface area contributed by atoms with Crippen LogP contribution in [0.15, 0.2) is 77.4 Å². The van der Waals surface area contributed by atoms with Crippen molar-refractivity contribution in [1.82, 2.24) is 20.0 Å². The normalized spacial score (nSPS) is 13.9. The van der Waals surface area contributed by atoms with E-state index in [4.69, 9.17) is 18.7 Å². The molecule has 0 bridgehead atoms. The maximum absolute atomic E-state index is 13.2. The van der Waals surface area contributed by atoms with Crippen molar-refractivity contribution in [3.63, 3.8) is 0 Å². The van der Waals surface area contributed by atoms with E-state index in [0.29, 0.717) is 40.9 Å². The van der Waals surface area contributed by atoms with E-state index in [9.17, 15) is 9.18 Å². The molecule has 1 aliphatic rings. The SMILES string of the molecule is COc1cc2c(Oc3ccc(NC(=O)c4nc(-c5ccc(F)cc5)no4)cc3)ccnc2cc1OCCCN1CCC(C)CC1. The maximum Gasteiger partial charge on any atom is 0.316 e. The number of pyridine rings is 1. The number of hydrogen-bond donors (Lipinski definition) is 1. The number of rotatable bonds is 11. The van der Waals surface area contributed by atoms with Gasteiger partial charge >= 0.3 is 11.8 Å². The summed E-state index contributed by atoms with van der Waals surface area (Å²) >= 11 is 0. The van der Waals surface area contributed by atoms with Crippen LogP contribution in [0.1, 0.15) is 36.9 Å². The summed E-state index contributed by atoms with van der Waals surface area (Å²) in [6, 6.07) is 18.0. The number of nitrogens with one attached hydrogen (secondary N) is 1. The number of hydrogen-bond acceptors (Lipinski definition) is 9. The highest BCUT2D eigenvalue weighted by Crippen LogP contribution is 2.37. The van der Waals surface area contributed by atoms with E-state index in [2.05, 4.69) is 32.3 Å². The van der Waals surface area contributed by atoms with Crippen LogP contribution in [0.25, 0.3) is 22.3 Å². The topological polar surface area (TPSA) is 112 Å². The summed E-state index contributed by atoms with van der Waals surface area (Å²) in [6.07, 6.45) is 5.15. The fourth-order valence-corrected chi connectivity index (χ4v) is 5.20. The quantitative estimate of drug-likeness (QED) is 0.158. The third kappa shape index (κ3) is 7.38. The van der Waals surface area contributed by atoms with Crippen molar-refractivity contribution in [2.75, 3.05) is 38.7 Å². The number of carbonyl (C=O) groups is 1. The van der Waals surface area contributed by atoms with Gasteiger partial charge in [0, 0.05) is 35.4 Å². The number of benzene rings is 3. The first-order valence-electron chi connectivity index (χ1n) is 15.0. The number of methoxy groups -OCH3 is 1. The molecule has 3 aromatic carbocycles. The van der Waals surface area contributed by atoms with E-state index >= 15 is 0 Å². The molecule has 1 aliphatic heterocycles. The molecule has 0 aliphatic carbocycles. The number of anilines is 1. The van der Waals surface area contributed by atoms with Crippen LogP contribution in [0, 0.1) is 11.7 Å². The van der Waals surface area contributed by atoms with E-state index in [1.165, 1.54) is 37.1 Å². The van der Waals surface area contributed by atoms with Crippen LogP contribution < -0.4 is 19.5 Å². The molecular formula is C34H34FN5O5. The van der Waals surface area contributed by atoms with Crippen LogP contribution in [0.3, 0.4) is 0 Å². The van der Waals surface area contributed by atoms with Crippen LogP contribution in [-0.4, -0.2) is 59.3 Å². The molecule has 1 fully saturated rings. The Morgan fingerprint density at radius 2 is 1.80 bits per heavy atom. The molecular weight excluding hydrogens is 577 g/mol. The Kier molecular flexibility index (Phi) is 9.16. The van der Waals surface area contributed by atoms with Crippen molar-refractivity contribution >= 4 is 22.5 Å². The molecule has 45 heavy (non-hydrogen) atoms. The first-order valence-corrected chi connectivity index (χ1v) is 15.0. The molecule has 1 amide bonds. The molecule has 0 radical (unpaired) electrons. The lowest BCUT2D eigenvalue weighted by molar-refractivity contribution is 0.0981. The van der Waals surface area contributed by atoms with Crippen molar-refractivity contribution in [1.29, 1.82) is 0 Å². The number of aromatic nitrogens is 3. The van der Waals surface area contributed by atoms with Gasteiger partial charge < -0.3 is 29.0 Å². The maximum atomic E-state index is 13.2. The minimum absolute atomic E-state index is 0.186. The zero-order chi connectivity index (χ0) is 31.2. The molecule has 11 heteroatoms. The second-order valence-corrected chi connectivity index (χ2v) is 11.1. The summed E-state index contributed by atoms with van der Waals surface area (Å²) in [7, 11) is 1.62. The predicted octanol–water partition coefficient (Wildman–Crippen LogP) is 6.98. The van der Waals surface area contributed by atoms with E-state index in [-0.39, 0.29) is 17.5 Å². The second-order valence-electron chi connectivity index (χ2n) is 11.1. The van der Waals surface area contributed by atoms with Gasteiger partial charge in [0.2, 0.25) is 5.82 Å². The predicted molar refractivity (Wildman–Crippen MR) is 167 cm³/mol. The molecule has 0 saturated carbocycles. The number of halogens is 1. The van der Waals surface area contributed by atoms with Crippen molar-refractivity contribution < 1.29 is 27.9 Å². The van der Waals surface area contributed by atoms with Crippen LogP contribution in [0.2, 0.25) is 0 Å². The van der Waals surface area contributed by atoms with E-state index in [1.807, 2.05) is 12.1 Å². The summed E-state index contributed by atoms with van der Waals surface area (Å²) in [4.78, 5) is 23.8. The average Bonchev–Trinajstić information content (AvgIpc) is 3.56. The van der Waals surface area contributed by atoms with Gasteiger partial charge in [0.1, 0.15) is 17.3 Å². The number of likely N-dealkylation sites (tertiary alicyclic amines) is 1. The molecule has 0 spiro atoms. The third-order valence-corrected chi connectivity index (χ3v) is 7.80. The fraction of sp³-hybridized carbons (Fsp3) is 0.294. The van der Waals surface area contributed by atoms with Crippen LogP contribution >= 0.6 is 0 Å². The Hall–Kier alpha value is -5.03. The summed E-state index contributed by atoms with van der Waals surface area (Å²) in [6.45, 7) is 6.26. The Bertz CT molecular complexity index is 1750. The molecule has 232 valence electrons. The molecule has 0 unspecified atom stereocenters. The highest BCUT2D eigenvalue weighted by Gasteiger charge is 2.18. The van der Waals surface area contributed by atoms with E-state index in [1.54, 1.807) is 43.6 Å². The second kappa shape index (κ2) is 13.7. The van der Waals surface area contributed by atoms with Crippen LogP contribution in [0.5, 0.6) is 23.0 Å². The van der Waals surface area contributed by atoms with Gasteiger partial charge in [-0.15, -0.1) is 0 Å². The largest absolute Gasteiger partial charge is 0.493 e. The Morgan fingerprint density at radius 3 is 2.56 bits per heavy atom. The smallest absolute Gasteiger partial charge is 0.316 e. The van der Waals surface area contributed by atoms with E-state index in [0.717, 1.165) is 42.9 Å². The standard InChI is InChI=1S/C34H34FN5O5/c1-22-13-17-40(18-14-22)16-3-19-43-31-21-28-27(20-30(31)42-2)29(12-15-36-28)44-26-10-8-25(9-11-26)37-33(41)34-38-32(39-45-34)23-4-6-24(35)7-5-23/h4-12,15,20-22H,3,13-14,16-19H2,1-2H3,(H,37,41). The van der Waals surface area contributed by atoms with Gasteiger partial charge in [-0.05, 0) is 98.9 Å². The summed E-state index contributed by atoms with van der Waals surface area (Å²) in [5, 5.41) is 7.30. The van der Waals surface area contributed by atoms with Gasteiger partial charge in [0.05, 0.1) is 19.2 Å². The monoisotopic (exact) mass is 611 g/mol. The average molecular weight is 612 g/mol. The molecule has 5 aromatic rings. The number of nitrogens with zero attached hydrogens (tertiary/aromatic N) is 4. The molecule has 1 saturated heterocycles. The van der Waals surface area contributed by atoms with Crippen LogP contribution in [0.4, 0.5) is 10.1 Å². The summed E-state index contributed by atoms with van der Waals surface area (Å²) in [5.74, 6) is 2.24. The highest BCUT2D eigenvalue weighted by atomic mass is 19.1. The van der Waals surface area contributed by atoms with Crippen molar-refractivity contribution in [2.45, 2.75) is 26.2 Å². The third-order valence-electron chi connectivity index (χ3n) is 7.80. The number of amides is 1. The van der Waals surface area contributed by atoms with Gasteiger partial charge in [-0.25, -0.2) is 4.39 Å². The number of carbonyl (C=O) groups excluding carboxylic acids is 1. The summed E-state index contributed by atoms with van der Waals surface area (Å²) in [5.41, 5.74) is 1.76. The summed E-state index contributed by atoms with van der Waals surface area (Å²) < 4.78 is 36.2. The molecule has 10 nitrogen and oxygen atoms in total. The minimum Gasteiger partial charge on any atom is -0.493 e.